The summed E-state index contributed by atoms with van der Waals surface area (Å²) in [7, 11) is 2.81. The van der Waals surface area contributed by atoms with Gasteiger partial charge in [-0.15, -0.1) is 0 Å². The van der Waals surface area contributed by atoms with Crippen molar-refractivity contribution in [1.29, 1.82) is 0 Å². The van der Waals surface area contributed by atoms with Gasteiger partial charge in [-0.25, -0.2) is 9.59 Å². The van der Waals surface area contributed by atoms with Crippen LogP contribution in [0.15, 0.2) is 24.3 Å². The van der Waals surface area contributed by atoms with Gasteiger partial charge >= 0.3 is 11.9 Å². The van der Waals surface area contributed by atoms with E-state index < -0.39 is 11.9 Å². The second-order valence-corrected chi connectivity index (χ2v) is 12.2. The zero-order valence-corrected chi connectivity index (χ0v) is 28.4. The van der Waals surface area contributed by atoms with Crippen LogP contribution in [0.4, 0.5) is 0 Å². The topological polar surface area (TPSA) is 52.6 Å². The summed E-state index contributed by atoms with van der Waals surface area (Å²) in [5.74, 6) is -0.930. The molecular weight excluding hydrogens is 544 g/mol. The molecule has 0 bridgehead atoms. The molecule has 0 fully saturated rings. The fourth-order valence-electron chi connectivity index (χ4n) is 7.56. The lowest BCUT2D eigenvalue weighted by Gasteiger charge is -2.25. The Bertz CT molecular complexity index is 1680. The number of benzene rings is 4. The molecule has 0 amide bonds. The monoisotopic (exact) mass is 596 g/mol. The van der Waals surface area contributed by atoms with Crippen LogP contribution in [0, 0.1) is 0 Å². The van der Waals surface area contributed by atoms with Gasteiger partial charge in [0.2, 0.25) is 0 Å². The largest absolute Gasteiger partial charge is 0.465 e. The van der Waals surface area contributed by atoms with E-state index in [1.165, 1.54) is 58.0 Å². The lowest BCUT2D eigenvalue weighted by Crippen LogP contribution is -2.19. The molecule has 0 atom stereocenters. The summed E-state index contributed by atoms with van der Waals surface area (Å²) in [4.78, 5) is 27.1. The van der Waals surface area contributed by atoms with E-state index in [2.05, 4.69) is 65.8 Å². The van der Waals surface area contributed by atoms with Crippen molar-refractivity contribution in [2.24, 2.45) is 0 Å². The molecule has 0 saturated heterocycles. The van der Waals surface area contributed by atoms with Crippen molar-refractivity contribution < 1.29 is 19.1 Å². The molecule has 4 rings (SSSR count). The van der Waals surface area contributed by atoms with Crippen molar-refractivity contribution in [2.45, 2.75) is 119 Å². The number of aryl methyl sites for hydroxylation is 6. The van der Waals surface area contributed by atoms with E-state index >= 15 is 0 Å². The SMILES string of the molecule is CCCc1ccc2cc3cc4c(CCC)c(C(=O)OC)c(C(=O)OC)c(CCC)c4c(CCC)c3c(CCC)c2c1CCC. The van der Waals surface area contributed by atoms with Gasteiger partial charge in [-0.1, -0.05) is 92.2 Å². The standard InChI is InChI=1S/C40H52O4/c1-9-15-25-21-22-26-23-27-24-33-29(17-11-3)37(39(41)43-7)38(40(42)44-8)32(20-14-6)36(33)31(19-13-5)35(27)30(18-12-4)34(26)28(25)16-10-2/h21-24H,9-20H2,1-8H3. The van der Waals surface area contributed by atoms with Crippen LogP contribution < -0.4 is 0 Å². The third kappa shape index (κ3) is 5.97. The van der Waals surface area contributed by atoms with Crippen molar-refractivity contribution in [3.63, 3.8) is 0 Å². The van der Waals surface area contributed by atoms with Gasteiger partial charge in [0.05, 0.1) is 25.3 Å². The van der Waals surface area contributed by atoms with E-state index in [0.717, 1.165) is 86.1 Å². The van der Waals surface area contributed by atoms with Crippen molar-refractivity contribution in [2.75, 3.05) is 14.2 Å². The Hall–Kier alpha value is -3.40. The van der Waals surface area contributed by atoms with Crippen molar-refractivity contribution >= 4 is 44.3 Å². The van der Waals surface area contributed by atoms with Crippen LogP contribution in [0.5, 0.6) is 0 Å². The van der Waals surface area contributed by atoms with Gasteiger partial charge in [0.1, 0.15) is 0 Å². The number of carbonyl (C=O) groups excluding carboxylic acids is 2. The molecular formula is C40H52O4. The average Bonchev–Trinajstić information content (AvgIpc) is 3.02. The smallest absolute Gasteiger partial charge is 0.339 e. The molecule has 4 aromatic carbocycles. The molecule has 0 spiro atoms. The number of esters is 2. The minimum atomic E-state index is -0.469. The number of fused-ring (bicyclic) bond motifs is 3. The Balaban J connectivity index is 2.41. The summed E-state index contributed by atoms with van der Waals surface area (Å²) in [6, 6.07) is 9.39. The fraction of sp³-hybridized carbons (Fsp3) is 0.500. The van der Waals surface area contributed by atoms with Gasteiger partial charge in [0.15, 0.2) is 0 Å². The Kier molecular flexibility index (Phi) is 11.5. The number of methoxy groups -OCH3 is 2. The molecule has 4 nitrogen and oxygen atoms in total. The van der Waals surface area contributed by atoms with Gasteiger partial charge in [0, 0.05) is 0 Å². The van der Waals surface area contributed by atoms with Crippen molar-refractivity contribution in [3.8, 4) is 0 Å². The quantitative estimate of drug-likeness (QED) is 0.107. The number of rotatable bonds is 14. The van der Waals surface area contributed by atoms with Gasteiger partial charge in [-0.05, 0) is 116 Å². The molecule has 0 aliphatic heterocycles. The number of hydrogen-bond donors (Lipinski definition) is 0. The summed E-state index contributed by atoms with van der Waals surface area (Å²) in [6.07, 6.45) is 11.4. The molecule has 4 aromatic rings. The minimum absolute atomic E-state index is 0.378. The Morgan fingerprint density at radius 1 is 0.500 bits per heavy atom. The highest BCUT2D eigenvalue weighted by Crippen LogP contribution is 2.44. The molecule has 0 saturated carbocycles. The molecule has 44 heavy (non-hydrogen) atoms. The lowest BCUT2D eigenvalue weighted by atomic mass is 9.78. The normalized spacial score (nSPS) is 11.5. The highest BCUT2D eigenvalue weighted by Gasteiger charge is 2.31. The highest BCUT2D eigenvalue weighted by atomic mass is 16.5. The van der Waals surface area contributed by atoms with Gasteiger partial charge < -0.3 is 9.47 Å². The predicted molar refractivity (Wildman–Crippen MR) is 186 cm³/mol. The lowest BCUT2D eigenvalue weighted by molar-refractivity contribution is 0.0553. The van der Waals surface area contributed by atoms with Crippen LogP contribution in [0.25, 0.3) is 32.3 Å². The first-order valence-corrected chi connectivity index (χ1v) is 17.1. The van der Waals surface area contributed by atoms with E-state index in [-0.39, 0.29) is 0 Å². The number of ether oxygens (including phenoxy) is 2. The number of carbonyl (C=O) groups is 2. The maximum absolute atomic E-state index is 13.6. The second kappa shape index (κ2) is 15.1. The van der Waals surface area contributed by atoms with Crippen LogP contribution in [-0.2, 0) is 48.0 Å². The van der Waals surface area contributed by atoms with Gasteiger partial charge in [0.25, 0.3) is 0 Å². The first-order valence-electron chi connectivity index (χ1n) is 17.1. The van der Waals surface area contributed by atoms with E-state index in [0.29, 0.717) is 24.0 Å². The third-order valence-corrected chi connectivity index (χ3v) is 9.10. The van der Waals surface area contributed by atoms with E-state index in [9.17, 15) is 9.59 Å². The van der Waals surface area contributed by atoms with E-state index in [1.807, 2.05) is 0 Å². The summed E-state index contributed by atoms with van der Waals surface area (Å²) in [5, 5.41) is 7.55. The summed E-state index contributed by atoms with van der Waals surface area (Å²) in [6.45, 7) is 13.3. The Morgan fingerprint density at radius 2 is 0.955 bits per heavy atom. The van der Waals surface area contributed by atoms with Gasteiger partial charge in [-0.3, -0.25) is 0 Å². The molecule has 0 aliphatic carbocycles. The van der Waals surface area contributed by atoms with Gasteiger partial charge in [-0.2, -0.15) is 0 Å². The van der Waals surface area contributed by atoms with Crippen LogP contribution in [0.3, 0.4) is 0 Å². The molecule has 0 N–H and O–H groups in total. The Labute approximate surface area is 264 Å². The zero-order valence-electron chi connectivity index (χ0n) is 28.4. The zero-order chi connectivity index (χ0) is 32.0. The van der Waals surface area contributed by atoms with Crippen molar-refractivity contribution in [3.05, 3.63) is 68.8 Å². The van der Waals surface area contributed by atoms with Crippen LogP contribution in [0.1, 0.15) is 134 Å². The second-order valence-electron chi connectivity index (χ2n) is 12.2. The van der Waals surface area contributed by atoms with E-state index in [4.69, 9.17) is 9.47 Å². The summed E-state index contributed by atoms with van der Waals surface area (Å²) >= 11 is 0. The molecule has 4 heteroatoms. The van der Waals surface area contributed by atoms with Crippen molar-refractivity contribution in [1.82, 2.24) is 0 Å². The molecule has 0 heterocycles. The molecule has 236 valence electrons. The first kappa shape index (κ1) is 33.5. The average molecular weight is 597 g/mol. The van der Waals surface area contributed by atoms with Crippen LogP contribution in [0.2, 0.25) is 0 Å². The highest BCUT2D eigenvalue weighted by molar-refractivity contribution is 6.17. The molecule has 0 unspecified atom stereocenters. The number of hydrogen-bond acceptors (Lipinski definition) is 4. The molecule has 0 aliphatic rings. The Morgan fingerprint density at radius 3 is 1.50 bits per heavy atom. The molecule has 0 radical (unpaired) electrons. The minimum Gasteiger partial charge on any atom is -0.465 e. The third-order valence-electron chi connectivity index (χ3n) is 9.10. The molecule has 0 aromatic heterocycles. The van der Waals surface area contributed by atoms with E-state index in [1.54, 1.807) is 0 Å². The first-order chi connectivity index (χ1) is 21.4. The fourth-order valence-corrected chi connectivity index (χ4v) is 7.56. The van der Waals surface area contributed by atoms with Crippen LogP contribution >= 0.6 is 0 Å². The predicted octanol–water partition coefficient (Wildman–Crippen LogP) is 10.4. The summed E-state index contributed by atoms with van der Waals surface area (Å²) in [5.41, 5.74) is 8.35. The maximum Gasteiger partial charge on any atom is 0.339 e. The van der Waals surface area contributed by atoms with Crippen LogP contribution in [-0.4, -0.2) is 26.2 Å². The summed E-state index contributed by atoms with van der Waals surface area (Å²) < 4.78 is 10.7. The maximum atomic E-state index is 13.6.